The number of fused-ring (bicyclic) bond motifs is 1. The fourth-order valence-corrected chi connectivity index (χ4v) is 3.10. The first kappa shape index (κ1) is 13.0. The summed E-state index contributed by atoms with van der Waals surface area (Å²) in [6, 6.07) is 6.10. The number of aliphatic hydroxyl groups is 1. The molecule has 5 heteroatoms. The minimum absolute atomic E-state index is 0.0128. The number of aromatic amines is 1. The summed E-state index contributed by atoms with van der Waals surface area (Å²) in [6.45, 7) is 2.69. The zero-order valence-electron chi connectivity index (χ0n) is 11.3. The van der Waals surface area contributed by atoms with Gasteiger partial charge in [0, 0.05) is 29.6 Å². The number of likely N-dealkylation sites (tertiary alicyclic amines) is 1. The molecule has 2 unspecified atom stereocenters. The van der Waals surface area contributed by atoms with Gasteiger partial charge in [0.15, 0.2) is 0 Å². The Kier molecular flexibility index (Phi) is 3.14. The number of benzene rings is 1. The number of carbonyl (C=O) groups is 1. The van der Waals surface area contributed by atoms with Crippen LogP contribution in [0.2, 0.25) is 0 Å². The minimum atomic E-state index is -0.961. The van der Waals surface area contributed by atoms with E-state index in [0.29, 0.717) is 13.0 Å². The maximum Gasteiger partial charge on any atom is 0.407 e. The van der Waals surface area contributed by atoms with Gasteiger partial charge in [-0.05, 0) is 24.5 Å². The highest BCUT2D eigenvalue weighted by atomic mass is 16.4. The van der Waals surface area contributed by atoms with E-state index in [4.69, 9.17) is 5.11 Å². The number of para-hydroxylation sites is 1. The third-order valence-electron chi connectivity index (χ3n) is 4.21. The van der Waals surface area contributed by atoms with Gasteiger partial charge in [0.05, 0.1) is 12.6 Å². The number of aromatic nitrogens is 1. The average Bonchev–Trinajstić information content (AvgIpc) is 2.84. The van der Waals surface area contributed by atoms with Crippen molar-refractivity contribution in [1.29, 1.82) is 0 Å². The molecule has 1 fully saturated rings. The maximum absolute atomic E-state index is 11.0. The van der Waals surface area contributed by atoms with Crippen LogP contribution >= 0.6 is 0 Å². The second kappa shape index (κ2) is 4.83. The maximum atomic E-state index is 11.0. The van der Waals surface area contributed by atoms with Crippen molar-refractivity contribution in [2.45, 2.75) is 25.4 Å². The monoisotopic (exact) mass is 274 g/mol. The predicted octanol–water partition coefficient (Wildman–Crippen LogP) is 2.30. The number of nitrogens with one attached hydrogen (secondary N) is 1. The molecule has 5 nitrogen and oxygen atoms in total. The van der Waals surface area contributed by atoms with Gasteiger partial charge >= 0.3 is 6.09 Å². The quantitative estimate of drug-likeness (QED) is 0.746. The molecule has 1 aromatic heterocycles. The molecule has 2 atom stereocenters. The van der Waals surface area contributed by atoms with Crippen LogP contribution in [0.4, 0.5) is 4.79 Å². The molecule has 0 bridgehead atoms. The highest BCUT2D eigenvalue weighted by Gasteiger charge is 2.32. The first-order valence-corrected chi connectivity index (χ1v) is 6.80. The van der Waals surface area contributed by atoms with Crippen LogP contribution in [0, 0.1) is 6.92 Å². The Balaban J connectivity index is 1.92. The summed E-state index contributed by atoms with van der Waals surface area (Å²) < 4.78 is 0. The third-order valence-corrected chi connectivity index (χ3v) is 4.21. The van der Waals surface area contributed by atoms with Crippen molar-refractivity contribution in [1.82, 2.24) is 9.88 Å². The van der Waals surface area contributed by atoms with Crippen molar-refractivity contribution in [2.75, 3.05) is 13.1 Å². The smallest absolute Gasteiger partial charge is 0.407 e. The van der Waals surface area contributed by atoms with Crippen LogP contribution in [0.1, 0.15) is 23.5 Å². The zero-order valence-corrected chi connectivity index (χ0v) is 11.3. The van der Waals surface area contributed by atoms with Gasteiger partial charge in [-0.1, -0.05) is 18.2 Å². The fraction of sp³-hybridized carbons (Fsp3) is 0.400. The first-order chi connectivity index (χ1) is 9.58. The van der Waals surface area contributed by atoms with Gasteiger partial charge < -0.3 is 20.1 Å². The molecule has 1 amide bonds. The Morgan fingerprint density at radius 3 is 2.95 bits per heavy atom. The highest BCUT2D eigenvalue weighted by Crippen LogP contribution is 2.34. The molecule has 2 aromatic rings. The molecule has 20 heavy (non-hydrogen) atoms. The number of nitrogens with zero attached hydrogens (tertiary/aromatic N) is 1. The number of hydrogen-bond acceptors (Lipinski definition) is 2. The van der Waals surface area contributed by atoms with Crippen molar-refractivity contribution in [3.8, 4) is 0 Å². The summed E-state index contributed by atoms with van der Waals surface area (Å²) in [6.07, 6.45) is 0.979. The van der Waals surface area contributed by atoms with Crippen molar-refractivity contribution < 1.29 is 15.0 Å². The summed E-state index contributed by atoms with van der Waals surface area (Å²) in [7, 11) is 0. The molecule has 3 N–H and O–H groups in total. The molecule has 106 valence electrons. The topological polar surface area (TPSA) is 76.6 Å². The first-order valence-electron chi connectivity index (χ1n) is 6.80. The number of piperidine rings is 1. The summed E-state index contributed by atoms with van der Waals surface area (Å²) in [4.78, 5) is 15.5. The van der Waals surface area contributed by atoms with Crippen molar-refractivity contribution in [3.05, 3.63) is 35.5 Å². The Hall–Kier alpha value is -2.01. The second-order valence-electron chi connectivity index (χ2n) is 5.43. The van der Waals surface area contributed by atoms with Crippen LogP contribution < -0.4 is 0 Å². The van der Waals surface area contributed by atoms with E-state index in [1.165, 1.54) is 10.5 Å². The summed E-state index contributed by atoms with van der Waals surface area (Å²) >= 11 is 0. The van der Waals surface area contributed by atoms with Crippen molar-refractivity contribution in [2.24, 2.45) is 0 Å². The van der Waals surface area contributed by atoms with Gasteiger partial charge in [-0.15, -0.1) is 0 Å². The number of aryl methyl sites for hydroxylation is 1. The SMILES string of the molecule is Cc1cccc2c(C3CCN(C(=O)O)CC3O)c[nH]c12. The molecule has 0 aliphatic carbocycles. The van der Waals surface area contributed by atoms with E-state index >= 15 is 0 Å². The van der Waals surface area contributed by atoms with Gasteiger partial charge in [-0.25, -0.2) is 4.79 Å². The van der Waals surface area contributed by atoms with E-state index in [2.05, 4.69) is 4.98 Å². The van der Waals surface area contributed by atoms with Gasteiger partial charge in [-0.3, -0.25) is 0 Å². The standard InChI is InChI=1S/C15H18N2O3/c1-9-3-2-4-11-12(7-16-14(9)11)10-5-6-17(15(19)20)8-13(10)18/h2-4,7,10,13,16,18H,5-6,8H2,1H3,(H,19,20). The highest BCUT2D eigenvalue weighted by molar-refractivity contribution is 5.86. The van der Waals surface area contributed by atoms with Gasteiger partial charge in [0.2, 0.25) is 0 Å². The molecular formula is C15H18N2O3. The molecule has 2 heterocycles. The Morgan fingerprint density at radius 2 is 2.25 bits per heavy atom. The Labute approximate surface area is 116 Å². The van der Waals surface area contributed by atoms with Gasteiger partial charge in [0.25, 0.3) is 0 Å². The molecule has 1 aliphatic heterocycles. The van der Waals surface area contributed by atoms with E-state index in [0.717, 1.165) is 16.5 Å². The summed E-state index contributed by atoms with van der Waals surface area (Å²) in [5, 5.41) is 20.4. The number of H-pyrrole nitrogens is 1. The summed E-state index contributed by atoms with van der Waals surface area (Å²) in [5.41, 5.74) is 3.35. The van der Waals surface area contributed by atoms with Gasteiger partial charge in [0.1, 0.15) is 0 Å². The largest absolute Gasteiger partial charge is 0.465 e. The summed E-state index contributed by atoms with van der Waals surface area (Å²) in [5.74, 6) is -0.0128. The fourth-order valence-electron chi connectivity index (χ4n) is 3.10. The normalized spacial score (nSPS) is 23.2. The van der Waals surface area contributed by atoms with E-state index < -0.39 is 12.2 Å². The zero-order chi connectivity index (χ0) is 14.3. The van der Waals surface area contributed by atoms with E-state index in [1.807, 2.05) is 31.3 Å². The van der Waals surface area contributed by atoms with Gasteiger partial charge in [-0.2, -0.15) is 0 Å². The Bertz CT molecular complexity index is 650. The molecule has 1 saturated heterocycles. The predicted molar refractivity (Wildman–Crippen MR) is 76.0 cm³/mol. The number of aliphatic hydroxyl groups excluding tert-OH is 1. The van der Waals surface area contributed by atoms with E-state index in [1.54, 1.807) is 0 Å². The van der Waals surface area contributed by atoms with Crippen LogP contribution in [-0.4, -0.2) is 45.4 Å². The lowest BCUT2D eigenvalue weighted by Crippen LogP contribution is -2.45. The number of amides is 1. The van der Waals surface area contributed by atoms with Crippen LogP contribution in [0.15, 0.2) is 24.4 Å². The Morgan fingerprint density at radius 1 is 1.45 bits per heavy atom. The number of rotatable bonds is 1. The number of hydrogen-bond donors (Lipinski definition) is 3. The number of β-amino-alcohol motifs (C(OH)–C–C–N with tert-alkyl or cyclic N) is 1. The molecule has 0 spiro atoms. The van der Waals surface area contributed by atoms with Crippen molar-refractivity contribution >= 4 is 17.0 Å². The molecule has 3 rings (SSSR count). The van der Waals surface area contributed by atoms with E-state index in [-0.39, 0.29) is 12.5 Å². The van der Waals surface area contributed by atoms with Crippen LogP contribution in [0.5, 0.6) is 0 Å². The number of carboxylic acid groups (broad SMARTS) is 1. The molecular weight excluding hydrogens is 256 g/mol. The lowest BCUT2D eigenvalue weighted by atomic mass is 9.87. The van der Waals surface area contributed by atoms with Crippen LogP contribution in [0.3, 0.4) is 0 Å². The third kappa shape index (κ3) is 2.04. The molecule has 0 saturated carbocycles. The van der Waals surface area contributed by atoms with E-state index in [9.17, 15) is 9.90 Å². The minimum Gasteiger partial charge on any atom is -0.465 e. The lowest BCUT2D eigenvalue weighted by Gasteiger charge is -2.34. The second-order valence-corrected chi connectivity index (χ2v) is 5.43. The average molecular weight is 274 g/mol. The molecule has 1 aromatic carbocycles. The molecule has 0 radical (unpaired) electrons. The van der Waals surface area contributed by atoms with Crippen LogP contribution in [-0.2, 0) is 0 Å². The molecule has 1 aliphatic rings. The van der Waals surface area contributed by atoms with Crippen LogP contribution in [0.25, 0.3) is 10.9 Å². The lowest BCUT2D eigenvalue weighted by molar-refractivity contribution is 0.0507. The van der Waals surface area contributed by atoms with Crippen molar-refractivity contribution in [3.63, 3.8) is 0 Å².